The number of alkyl halides is 3. The minimum Gasteiger partial charge on any atom is -0.476 e. The van der Waals surface area contributed by atoms with Gasteiger partial charge in [-0.15, -0.1) is 0 Å². The fraction of sp³-hybridized carbons (Fsp3) is 0.500. The fourth-order valence-electron chi connectivity index (χ4n) is 1.02. The molecule has 1 aromatic heterocycles. The second-order valence-corrected chi connectivity index (χ2v) is 3.13. The summed E-state index contributed by atoms with van der Waals surface area (Å²) in [5.41, 5.74) is 0. The van der Waals surface area contributed by atoms with Gasteiger partial charge in [0.25, 0.3) is 0 Å². The Kier molecular flexibility index (Phi) is 5.04. The van der Waals surface area contributed by atoms with Gasteiger partial charge in [-0.25, -0.2) is 4.98 Å². The SMILES string of the molecule is FC(F)(F)CCNCCOc1ccccn1. The molecule has 3 nitrogen and oxygen atoms in total. The molecule has 0 aromatic carbocycles. The summed E-state index contributed by atoms with van der Waals surface area (Å²) in [7, 11) is 0. The lowest BCUT2D eigenvalue weighted by Gasteiger charge is -2.08. The van der Waals surface area contributed by atoms with E-state index in [0.717, 1.165) is 0 Å². The van der Waals surface area contributed by atoms with E-state index in [1.54, 1.807) is 24.4 Å². The Hall–Kier alpha value is -1.30. The molecule has 90 valence electrons. The fourth-order valence-corrected chi connectivity index (χ4v) is 1.02. The van der Waals surface area contributed by atoms with E-state index in [4.69, 9.17) is 4.74 Å². The van der Waals surface area contributed by atoms with Crippen LogP contribution in [0.25, 0.3) is 0 Å². The lowest BCUT2D eigenvalue weighted by atomic mass is 10.4. The third-order valence-corrected chi connectivity index (χ3v) is 1.75. The van der Waals surface area contributed by atoms with Gasteiger partial charge in [0, 0.05) is 25.4 Å². The number of hydrogen-bond acceptors (Lipinski definition) is 3. The number of nitrogens with one attached hydrogen (secondary N) is 1. The Balaban J connectivity index is 2.01. The summed E-state index contributed by atoms with van der Waals surface area (Å²) >= 11 is 0. The normalized spacial score (nSPS) is 11.4. The molecule has 0 aliphatic heterocycles. The number of aromatic nitrogens is 1. The van der Waals surface area contributed by atoms with Crippen LogP contribution in [0.15, 0.2) is 24.4 Å². The van der Waals surface area contributed by atoms with E-state index in [1.807, 2.05) is 0 Å². The third-order valence-electron chi connectivity index (χ3n) is 1.75. The summed E-state index contributed by atoms with van der Waals surface area (Å²) in [4.78, 5) is 3.91. The highest BCUT2D eigenvalue weighted by molar-refractivity contribution is 5.08. The Bertz CT molecular complexity index is 290. The van der Waals surface area contributed by atoms with E-state index in [1.165, 1.54) is 0 Å². The predicted octanol–water partition coefficient (Wildman–Crippen LogP) is 2.00. The van der Waals surface area contributed by atoms with E-state index in [-0.39, 0.29) is 6.54 Å². The zero-order chi connectivity index (χ0) is 11.9. The van der Waals surface area contributed by atoms with Gasteiger partial charge in [0.1, 0.15) is 6.61 Å². The molecule has 6 heteroatoms. The van der Waals surface area contributed by atoms with Crippen LogP contribution in [0.3, 0.4) is 0 Å². The molecular formula is C10H13F3N2O. The maximum atomic E-state index is 11.7. The maximum absolute atomic E-state index is 11.7. The van der Waals surface area contributed by atoms with Crippen molar-refractivity contribution in [2.45, 2.75) is 12.6 Å². The van der Waals surface area contributed by atoms with E-state index >= 15 is 0 Å². The smallest absolute Gasteiger partial charge is 0.390 e. The van der Waals surface area contributed by atoms with Crippen molar-refractivity contribution in [1.82, 2.24) is 10.3 Å². The molecular weight excluding hydrogens is 221 g/mol. The van der Waals surface area contributed by atoms with Gasteiger partial charge < -0.3 is 10.1 Å². The molecule has 1 rings (SSSR count). The van der Waals surface area contributed by atoms with Crippen LogP contribution in [0.5, 0.6) is 5.88 Å². The molecule has 0 saturated heterocycles. The minimum atomic E-state index is -4.10. The van der Waals surface area contributed by atoms with Crippen molar-refractivity contribution < 1.29 is 17.9 Å². The first-order valence-corrected chi connectivity index (χ1v) is 4.89. The molecule has 0 radical (unpaired) electrons. The van der Waals surface area contributed by atoms with Gasteiger partial charge >= 0.3 is 6.18 Å². The molecule has 1 N–H and O–H groups in total. The monoisotopic (exact) mass is 234 g/mol. The zero-order valence-corrected chi connectivity index (χ0v) is 8.63. The van der Waals surface area contributed by atoms with Gasteiger partial charge in [-0.2, -0.15) is 13.2 Å². The van der Waals surface area contributed by atoms with Crippen molar-refractivity contribution in [3.63, 3.8) is 0 Å². The molecule has 0 spiro atoms. The van der Waals surface area contributed by atoms with Gasteiger partial charge in [0.2, 0.25) is 5.88 Å². The second-order valence-electron chi connectivity index (χ2n) is 3.13. The molecule has 0 bridgehead atoms. The van der Waals surface area contributed by atoms with Crippen LogP contribution >= 0.6 is 0 Å². The average molecular weight is 234 g/mol. The topological polar surface area (TPSA) is 34.1 Å². The average Bonchev–Trinajstić information content (AvgIpc) is 2.23. The van der Waals surface area contributed by atoms with Gasteiger partial charge in [0.05, 0.1) is 6.42 Å². The number of pyridine rings is 1. The predicted molar refractivity (Wildman–Crippen MR) is 53.3 cm³/mol. The summed E-state index contributed by atoms with van der Waals surface area (Å²) in [6, 6.07) is 5.23. The highest BCUT2D eigenvalue weighted by atomic mass is 19.4. The van der Waals surface area contributed by atoms with Crippen LogP contribution in [0.4, 0.5) is 13.2 Å². The lowest BCUT2D eigenvalue weighted by Crippen LogP contribution is -2.25. The van der Waals surface area contributed by atoms with Crippen LogP contribution < -0.4 is 10.1 Å². The Morgan fingerprint density at radius 1 is 1.25 bits per heavy atom. The highest BCUT2D eigenvalue weighted by Gasteiger charge is 2.25. The van der Waals surface area contributed by atoms with E-state index in [0.29, 0.717) is 19.0 Å². The Labute approximate surface area is 91.6 Å². The van der Waals surface area contributed by atoms with E-state index in [2.05, 4.69) is 10.3 Å². The van der Waals surface area contributed by atoms with Crippen molar-refractivity contribution in [2.24, 2.45) is 0 Å². The largest absolute Gasteiger partial charge is 0.476 e. The standard InChI is InChI=1S/C10H13F3N2O/c11-10(12,13)4-6-14-7-8-16-9-3-1-2-5-15-9/h1-3,5,14H,4,6-8H2. The van der Waals surface area contributed by atoms with E-state index < -0.39 is 12.6 Å². The number of nitrogens with zero attached hydrogens (tertiary/aromatic N) is 1. The zero-order valence-electron chi connectivity index (χ0n) is 8.63. The van der Waals surface area contributed by atoms with Crippen LogP contribution in [-0.2, 0) is 0 Å². The second kappa shape index (κ2) is 6.32. The summed E-state index contributed by atoms with van der Waals surface area (Å²) in [6.45, 7) is 0.580. The first kappa shape index (κ1) is 12.8. The molecule has 0 aliphatic rings. The number of halogens is 3. The summed E-state index contributed by atoms with van der Waals surface area (Å²) in [5, 5.41) is 2.64. The summed E-state index contributed by atoms with van der Waals surface area (Å²) in [6.07, 6.45) is -3.34. The molecule has 0 atom stereocenters. The first-order chi connectivity index (χ1) is 7.58. The lowest BCUT2D eigenvalue weighted by molar-refractivity contribution is -0.133. The quantitative estimate of drug-likeness (QED) is 0.764. The van der Waals surface area contributed by atoms with Crippen molar-refractivity contribution >= 4 is 0 Å². The van der Waals surface area contributed by atoms with Crippen LogP contribution in [0, 0.1) is 0 Å². The maximum Gasteiger partial charge on any atom is 0.390 e. The molecule has 0 saturated carbocycles. The van der Waals surface area contributed by atoms with Gasteiger partial charge in [0.15, 0.2) is 0 Å². The third kappa shape index (κ3) is 6.23. The van der Waals surface area contributed by atoms with Crippen molar-refractivity contribution in [3.8, 4) is 5.88 Å². The molecule has 0 fully saturated rings. The van der Waals surface area contributed by atoms with Crippen molar-refractivity contribution in [2.75, 3.05) is 19.7 Å². The number of hydrogen-bond donors (Lipinski definition) is 1. The van der Waals surface area contributed by atoms with Gasteiger partial charge in [-0.3, -0.25) is 0 Å². The van der Waals surface area contributed by atoms with Crippen LogP contribution in [-0.4, -0.2) is 30.9 Å². The Morgan fingerprint density at radius 3 is 2.69 bits per heavy atom. The highest BCUT2D eigenvalue weighted by Crippen LogP contribution is 2.17. The van der Waals surface area contributed by atoms with Crippen LogP contribution in [0.2, 0.25) is 0 Å². The van der Waals surface area contributed by atoms with Crippen molar-refractivity contribution in [3.05, 3.63) is 24.4 Å². The number of ether oxygens (including phenoxy) is 1. The number of rotatable bonds is 6. The first-order valence-electron chi connectivity index (χ1n) is 4.89. The molecule has 0 amide bonds. The molecule has 1 aromatic rings. The van der Waals surface area contributed by atoms with Crippen LogP contribution in [0.1, 0.15) is 6.42 Å². The molecule has 16 heavy (non-hydrogen) atoms. The molecule has 0 aliphatic carbocycles. The van der Waals surface area contributed by atoms with Gasteiger partial charge in [-0.1, -0.05) is 6.07 Å². The molecule has 0 unspecified atom stereocenters. The Morgan fingerprint density at radius 2 is 2.06 bits per heavy atom. The molecule has 1 heterocycles. The van der Waals surface area contributed by atoms with E-state index in [9.17, 15) is 13.2 Å². The minimum absolute atomic E-state index is 0.0882. The van der Waals surface area contributed by atoms with Crippen molar-refractivity contribution in [1.29, 1.82) is 0 Å². The summed E-state index contributed by atoms with van der Waals surface area (Å²) in [5.74, 6) is 0.472. The summed E-state index contributed by atoms with van der Waals surface area (Å²) < 4.78 is 40.4. The van der Waals surface area contributed by atoms with Gasteiger partial charge in [-0.05, 0) is 6.07 Å².